The highest BCUT2D eigenvalue weighted by atomic mass is 35.5. The van der Waals surface area contributed by atoms with Gasteiger partial charge in [0, 0.05) is 6.42 Å². The van der Waals surface area contributed by atoms with Crippen molar-refractivity contribution in [3.8, 4) is 0 Å². The Labute approximate surface area is 123 Å². The average molecular weight is 323 g/mol. The average Bonchev–Trinajstić information content (AvgIpc) is 2.89. The van der Waals surface area contributed by atoms with Gasteiger partial charge in [-0.15, -0.1) is 23.2 Å². The van der Waals surface area contributed by atoms with E-state index in [4.69, 9.17) is 27.9 Å². The number of rotatable bonds is 4. The maximum Gasteiger partial charge on any atom is 0.315 e. The smallest absolute Gasteiger partial charge is 0.315 e. The first-order chi connectivity index (χ1) is 9.17. The van der Waals surface area contributed by atoms with E-state index in [1.807, 2.05) is 0 Å². The first-order valence-electron chi connectivity index (χ1n) is 5.71. The van der Waals surface area contributed by atoms with E-state index in [-0.39, 0.29) is 6.42 Å². The summed E-state index contributed by atoms with van der Waals surface area (Å²) < 4.78 is 29.8. The molecule has 0 saturated heterocycles. The zero-order valence-corrected chi connectivity index (χ0v) is 11.9. The number of benzene rings is 1. The fourth-order valence-corrected chi connectivity index (χ4v) is 2.39. The largest absolute Gasteiger partial charge is 0.457 e. The van der Waals surface area contributed by atoms with Gasteiger partial charge in [0.25, 0.3) is 0 Å². The maximum absolute atomic E-state index is 13.3. The van der Waals surface area contributed by atoms with Gasteiger partial charge in [0.2, 0.25) is 5.78 Å². The van der Waals surface area contributed by atoms with Crippen molar-refractivity contribution in [1.29, 1.82) is 0 Å². The highest BCUT2D eigenvalue weighted by Crippen LogP contribution is 2.64. The molecular formula is C13H10Cl2F2O3. The van der Waals surface area contributed by atoms with Crippen molar-refractivity contribution in [2.45, 2.75) is 17.7 Å². The standard InChI is InChI=1S/C13H10Cl2F2O3/c1-12(6-13(12,14)15)11(19)20-5-10(18)8-4-7(16)2-3-9(8)17/h2-4H,5-6H2,1H3. The Morgan fingerprint density at radius 3 is 2.50 bits per heavy atom. The van der Waals surface area contributed by atoms with E-state index in [0.717, 1.165) is 18.2 Å². The Balaban J connectivity index is 2.00. The van der Waals surface area contributed by atoms with Crippen LogP contribution in [0.5, 0.6) is 0 Å². The summed E-state index contributed by atoms with van der Waals surface area (Å²) in [4.78, 5) is 23.4. The van der Waals surface area contributed by atoms with E-state index in [9.17, 15) is 18.4 Å². The number of ketones is 1. The predicted molar refractivity (Wildman–Crippen MR) is 68.8 cm³/mol. The van der Waals surface area contributed by atoms with Crippen LogP contribution >= 0.6 is 23.2 Å². The monoisotopic (exact) mass is 322 g/mol. The van der Waals surface area contributed by atoms with E-state index in [2.05, 4.69) is 0 Å². The van der Waals surface area contributed by atoms with Crippen molar-refractivity contribution in [2.24, 2.45) is 5.41 Å². The minimum absolute atomic E-state index is 0.213. The third-order valence-electron chi connectivity index (χ3n) is 3.27. The molecule has 1 unspecified atom stereocenters. The molecule has 0 bridgehead atoms. The summed E-state index contributed by atoms with van der Waals surface area (Å²) in [5.74, 6) is -3.22. The second kappa shape index (κ2) is 4.97. The molecule has 3 nitrogen and oxygen atoms in total. The third kappa shape index (κ3) is 2.65. The lowest BCUT2D eigenvalue weighted by molar-refractivity contribution is -0.148. The molecule has 1 atom stereocenters. The fraction of sp³-hybridized carbons (Fsp3) is 0.385. The quantitative estimate of drug-likeness (QED) is 0.485. The van der Waals surface area contributed by atoms with Crippen LogP contribution in [-0.4, -0.2) is 22.7 Å². The van der Waals surface area contributed by atoms with Gasteiger partial charge in [-0.25, -0.2) is 8.78 Å². The van der Waals surface area contributed by atoms with Crippen LogP contribution < -0.4 is 0 Å². The van der Waals surface area contributed by atoms with Crippen molar-refractivity contribution >= 4 is 35.0 Å². The lowest BCUT2D eigenvalue weighted by Crippen LogP contribution is -2.24. The molecule has 0 aliphatic heterocycles. The molecule has 1 aromatic rings. The van der Waals surface area contributed by atoms with Crippen molar-refractivity contribution in [1.82, 2.24) is 0 Å². The highest BCUT2D eigenvalue weighted by molar-refractivity contribution is 6.53. The number of hydrogen-bond donors (Lipinski definition) is 0. The van der Waals surface area contributed by atoms with Crippen molar-refractivity contribution < 1.29 is 23.1 Å². The molecule has 0 N–H and O–H groups in total. The van der Waals surface area contributed by atoms with Gasteiger partial charge in [-0.05, 0) is 25.1 Å². The van der Waals surface area contributed by atoms with E-state index in [1.54, 1.807) is 0 Å². The van der Waals surface area contributed by atoms with Crippen LogP contribution in [-0.2, 0) is 9.53 Å². The molecule has 1 saturated carbocycles. The number of hydrogen-bond acceptors (Lipinski definition) is 3. The summed E-state index contributed by atoms with van der Waals surface area (Å²) in [5, 5.41) is 0. The topological polar surface area (TPSA) is 43.4 Å². The summed E-state index contributed by atoms with van der Waals surface area (Å²) in [6.45, 7) is 0.807. The summed E-state index contributed by atoms with van der Waals surface area (Å²) in [6.07, 6.45) is 0.213. The molecular weight excluding hydrogens is 313 g/mol. The van der Waals surface area contributed by atoms with Crippen molar-refractivity contribution in [2.75, 3.05) is 6.61 Å². The number of Topliss-reactive ketones (excluding diaryl/α,β-unsaturated/α-hetero) is 1. The molecule has 1 aliphatic carbocycles. The Hall–Kier alpha value is -1.20. The van der Waals surface area contributed by atoms with Crippen LogP contribution in [0.15, 0.2) is 18.2 Å². The normalized spacial score (nSPS) is 23.2. The number of alkyl halides is 2. The van der Waals surface area contributed by atoms with Gasteiger partial charge >= 0.3 is 5.97 Å². The summed E-state index contributed by atoms with van der Waals surface area (Å²) in [5.41, 5.74) is -1.54. The second-order valence-electron chi connectivity index (χ2n) is 4.84. The molecule has 0 radical (unpaired) electrons. The molecule has 108 valence electrons. The molecule has 0 aromatic heterocycles. The van der Waals surface area contributed by atoms with Crippen LogP contribution in [0.2, 0.25) is 0 Å². The number of ether oxygens (including phenoxy) is 1. The number of halogens is 4. The first kappa shape index (κ1) is 15.2. The molecule has 1 fully saturated rings. The fourth-order valence-electron chi connectivity index (χ4n) is 1.70. The molecule has 1 aliphatic rings. The lowest BCUT2D eigenvalue weighted by Gasteiger charge is -2.11. The molecule has 2 rings (SSSR count). The van der Waals surface area contributed by atoms with E-state index >= 15 is 0 Å². The number of carbonyl (C=O) groups excluding carboxylic acids is 2. The van der Waals surface area contributed by atoms with E-state index in [1.165, 1.54) is 6.92 Å². The number of esters is 1. The van der Waals surface area contributed by atoms with Crippen LogP contribution in [0.25, 0.3) is 0 Å². The number of carbonyl (C=O) groups is 2. The Kier molecular flexibility index (Phi) is 3.77. The van der Waals surface area contributed by atoms with Gasteiger partial charge in [0.05, 0.1) is 5.56 Å². The highest BCUT2D eigenvalue weighted by Gasteiger charge is 2.69. The van der Waals surface area contributed by atoms with Gasteiger partial charge < -0.3 is 4.74 Å². The van der Waals surface area contributed by atoms with Crippen molar-refractivity contribution in [3.63, 3.8) is 0 Å². The first-order valence-corrected chi connectivity index (χ1v) is 6.46. The Morgan fingerprint density at radius 1 is 1.35 bits per heavy atom. The minimum Gasteiger partial charge on any atom is -0.457 e. The summed E-state index contributed by atoms with van der Waals surface area (Å²) >= 11 is 11.6. The van der Waals surface area contributed by atoms with E-state index < -0.39 is 45.3 Å². The maximum atomic E-state index is 13.3. The van der Waals surface area contributed by atoms with Gasteiger partial charge in [0.1, 0.15) is 21.4 Å². The van der Waals surface area contributed by atoms with Crippen LogP contribution in [0.1, 0.15) is 23.7 Å². The Morgan fingerprint density at radius 2 is 1.95 bits per heavy atom. The van der Waals surface area contributed by atoms with Gasteiger partial charge in [0.15, 0.2) is 6.61 Å². The molecule has 0 amide bonds. The summed E-state index contributed by atoms with van der Waals surface area (Å²) in [7, 11) is 0. The van der Waals surface area contributed by atoms with Crippen LogP contribution in [0.3, 0.4) is 0 Å². The zero-order valence-electron chi connectivity index (χ0n) is 10.4. The van der Waals surface area contributed by atoms with Crippen LogP contribution in [0.4, 0.5) is 8.78 Å². The van der Waals surface area contributed by atoms with Crippen molar-refractivity contribution in [3.05, 3.63) is 35.4 Å². The SMILES string of the molecule is CC1(C(=O)OCC(=O)c2cc(F)ccc2F)CC1(Cl)Cl. The third-order valence-corrected chi connectivity index (χ3v) is 4.37. The minimum atomic E-state index is -1.21. The summed E-state index contributed by atoms with van der Waals surface area (Å²) in [6, 6.07) is 2.46. The van der Waals surface area contributed by atoms with Crippen LogP contribution in [0, 0.1) is 17.0 Å². The van der Waals surface area contributed by atoms with Gasteiger partial charge in [-0.3, -0.25) is 9.59 Å². The van der Waals surface area contributed by atoms with E-state index in [0.29, 0.717) is 0 Å². The molecule has 7 heteroatoms. The van der Waals surface area contributed by atoms with Gasteiger partial charge in [-0.1, -0.05) is 0 Å². The molecule has 1 aromatic carbocycles. The molecule has 0 heterocycles. The molecule has 0 spiro atoms. The second-order valence-corrected chi connectivity index (χ2v) is 6.32. The lowest BCUT2D eigenvalue weighted by atomic mass is 10.1. The molecule has 20 heavy (non-hydrogen) atoms. The van der Waals surface area contributed by atoms with Gasteiger partial charge in [-0.2, -0.15) is 0 Å². The zero-order chi connectivity index (χ0) is 15.1. The Bertz CT molecular complexity index is 589. The predicted octanol–water partition coefficient (Wildman–Crippen LogP) is 3.27.